The van der Waals surface area contributed by atoms with E-state index in [9.17, 15) is 9.59 Å². The van der Waals surface area contributed by atoms with Gasteiger partial charge in [0.15, 0.2) is 5.57 Å². The monoisotopic (exact) mass is 427 g/mol. The van der Waals surface area contributed by atoms with Crippen molar-refractivity contribution in [1.82, 2.24) is 3.69 Å². The Kier molecular flexibility index (Phi) is 7.98. The van der Waals surface area contributed by atoms with Gasteiger partial charge in [0.2, 0.25) is 0 Å². The number of carbonyl (C=O) groups is 2. The van der Waals surface area contributed by atoms with Gasteiger partial charge in [-0.05, 0) is 4.51 Å². The normalized spacial score (nSPS) is 10.6. The maximum Gasteiger partial charge on any atom is 0.368 e. The molecule has 0 heterocycles. The molecule has 0 aliphatic carbocycles. The van der Waals surface area contributed by atoms with Gasteiger partial charge >= 0.3 is 11.9 Å². The van der Waals surface area contributed by atoms with E-state index in [1.54, 1.807) is 22.9 Å². The molecule has 0 fully saturated rings. The van der Waals surface area contributed by atoms with Crippen molar-refractivity contribution in [1.29, 1.82) is 0 Å². The Morgan fingerprint density at radius 2 is 2.14 bits per heavy atom. The summed E-state index contributed by atoms with van der Waals surface area (Å²) in [7, 11) is 1.30. The molecular weight excluding hydrogens is 420 g/mol. The quantitative estimate of drug-likeness (QED) is 0.133. The largest absolute Gasteiger partial charge is 0.503 e. The Balaban J connectivity index is 4.59. The van der Waals surface area contributed by atoms with Gasteiger partial charge < -0.3 is 12.6 Å². The van der Waals surface area contributed by atoms with Crippen molar-refractivity contribution >= 4 is 60.5 Å². The predicted octanol–water partition coefficient (Wildman–Crippen LogP) is 0.775. The number of rotatable bonds is 5. The lowest BCUT2D eigenvalue weighted by atomic mass is 10.3. The second kappa shape index (κ2) is 8.11. The fraction of sp³-hybridized carbons (Fsp3) is 0.167. The zero-order chi connectivity index (χ0) is 11.0. The molecular formula is C6H7I2NO5. The molecule has 0 atom stereocenters. The number of nitrogens with one attached hydrogen (secondary N) is 1. The summed E-state index contributed by atoms with van der Waals surface area (Å²) in [5.74, 6) is -1.67. The minimum atomic E-state index is -0.939. The van der Waals surface area contributed by atoms with Gasteiger partial charge in [-0.3, -0.25) is 0 Å². The highest BCUT2D eigenvalue weighted by molar-refractivity contribution is 14.2. The molecule has 80 valence electrons. The molecule has 0 spiro atoms. The van der Waals surface area contributed by atoms with E-state index in [0.717, 1.165) is 6.26 Å². The Bertz CT molecular complexity index is 265. The fourth-order valence-corrected chi connectivity index (χ4v) is 1.20. The van der Waals surface area contributed by atoms with Gasteiger partial charge in [0, 0.05) is 0 Å². The average Bonchev–Trinajstić information content (AvgIpc) is 2.14. The second-order valence-corrected chi connectivity index (χ2v) is 3.21. The number of halogens is 2. The van der Waals surface area contributed by atoms with Crippen molar-refractivity contribution in [3.8, 4) is 0 Å². The van der Waals surface area contributed by atoms with Crippen molar-refractivity contribution in [2.24, 2.45) is 0 Å². The zero-order valence-electron chi connectivity index (χ0n) is 7.08. The molecule has 0 aliphatic rings. The molecule has 0 amide bonds. The topological polar surface area (TPSA) is 73.9 Å². The molecule has 1 N–H and O–H groups in total. The molecule has 0 aliphatic heterocycles. The standard InChI is InChI=1S/C6H7I2NO5/c1-8-13-5(10)4(3-12-2)6(11)14-9-7/h3,9H,1H2,2H3/b4-3+. The summed E-state index contributed by atoms with van der Waals surface area (Å²) in [6.07, 6.45) is 0.956. The Morgan fingerprint density at radius 1 is 1.50 bits per heavy atom. The number of hydrogen-bond donors (Lipinski definition) is 1. The van der Waals surface area contributed by atoms with E-state index in [4.69, 9.17) is 0 Å². The van der Waals surface area contributed by atoms with Crippen molar-refractivity contribution in [2.75, 3.05) is 7.11 Å². The molecule has 0 aromatic heterocycles. The maximum atomic E-state index is 11.1. The summed E-state index contributed by atoms with van der Waals surface area (Å²) >= 11 is 0.651. The third-order valence-electron chi connectivity index (χ3n) is 0.931. The van der Waals surface area contributed by atoms with Crippen LogP contribution in [-0.2, 0) is 22.2 Å². The molecule has 0 saturated carbocycles. The van der Waals surface area contributed by atoms with Crippen LogP contribution in [0.15, 0.2) is 11.8 Å². The summed E-state index contributed by atoms with van der Waals surface area (Å²) in [6, 6.07) is 0. The van der Waals surface area contributed by atoms with Crippen LogP contribution in [0.1, 0.15) is 0 Å². The van der Waals surface area contributed by atoms with E-state index >= 15 is 0 Å². The SMILES string of the molecule is C=IOC(=O)/C(=C\OC)C(=O)ONI. The highest BCUT2D eigenvalue weighted by Crippen LogP contribution is 2.06. The molecule has 0 bridgehead atoms. The van der Waals surface area contributed by atoms with Gasteiger partial charge in [0.25, 0.3) is 0 Å². The minimum Gasteiger partial charge on any atom is -0.503 e. The smallest absolute Gasteiger partial charge is 0.368 e. The van der Waals surface area contributed by atoms with Crippen LogP contribution in [0.2, 0.25) is 0 Å². The number of carbonyl (C=O) groups excluding carboxylic acids is 2. The van der Waals surface area contributed by atoms with Gasteiger partial charge in [-0.1, -0.05) is 3.69 Å². The summed E-state index contributed by atoms with van der Waals surface area (Å²) in [5.41, 5.74) is -0.319. The van der Waals surface area contributed by atoms with Crippen LogP contribution >= 0.6 is 44.0 Å². The van der Waals surface area contributed by atoms with Crippen LogP contribution in [-0.4, -0.2) is 23.6 Å². The molecule has 0 unspecified atom stereocenters. The number of methoxy groups -OCH3 is 1. The average molecular weight is 427 g/mol. The maximum absolute atomic E-state index is 11.1. The van der Waals surface area contributed by atoms with E-state index in [-0.39, 0.29) is 5.57 Å². The van der Waals surface area contributed by atoms with Crippen molar-refractivity contribution < 1.29 is 22.2 Å². The van der Waals surface area contributed by atoms with Gasteiger partial charge in [-0.2, -0.15) is 0 Å². The van der Waals surface area contributed by atoms with Crippen molar-refractivity contribution in [3.63, 3.8) is 0 Å². The lowest BCUT2D eigenvalue weighted by Crippen LogP contribution is -2.19. The van der Waals surface area contributed by atoms with Gasteiger partial charge in [0.05, 0.1) is 30.0 Å². The third-order valence-corrected chi connectivity index (χ3v) is 1.86. The number of hydrogen-bond acceptors (Lipinski definition) is 6. The van der Waals surface area contributed by atoms with E-state index in [0.29, 0.717) is 0 Å². The second-order valence-electron chi connectivity index (χ2n) is 1.71. The van der Waals surface area contributed by atoms with Crippen LogP contribution in [0.5, 0.6) is 0 Å². The van der Waals surface area contributed by atoms with Crippen LogP contribution in [0.3, 0.4) is 0 Å². The molecule has 0 aromatic rings. The fourth-order valence-electron chi connectivity index (χ4n) is 0.479. The molecule has 0 rings (SSSR count). The summed E-state index contributed by atoms with van der Waals surface area (Å²) in [5, 5.41) is 0. The van der Waals surface area contributed by atoms with E-state index in [1.165, 1.54) is 7.11 Å². The van der Waals surface area contributed by atoms with Crippen LogP contribution in [0.4, 0.5) is 0 Å². The van der Waals surface area contributed by atoms with Gasteiger partial charge in [-0.25, -0.2) is 9.59 Å². The molecule has 0 radical (unpaired) electrons. The first-order valence-corrected chi connectivity index (χ1v) is 6.55. The highest BCUT2D eigenvalue weighted by atomic mass is 127. The summed E-state index contributed by atoms with van der Waals surface area (Å²) in [6.45, 7) is 0. The lowest BCUT2D eigenvalue weighted by molar-refractivity contribution is -0.144. The zero-order valence-corrected chi connectivity index (χ0v) is 11.4. The van der Waals surface area contributed by atoms with Crippen LogP contribution in [0.25, 0.3) is 0 Å². The van der Waals surface area contributed by atoms with Crippen molar-refractivity contribution in [3.05, 3.63) is 11.8 Å². The molecule has 14 heavy (non-hydrogen) atoms. The van der Waals surface area contributed by atoms with E-state index < -0.39 is 33.1 Å². The van der Waals surface area contributed by atoms with Gasteiger partial charge in [0.1, 0.15) is 27.4 Å². The molecule has 8 heteroatoms. The molecule has 0 aromatic carbocycles. The van der Waals surface area contributed by atoms with E-state index in [2.05, 4.69) is 20.8 Å². The predicted molar refractivity (Wildman–Crippen MR) is 65.6 cm³/mol. The number of ether oxygens (including phenoxy) is 1. The molecule has 0 saturated heterocycles. The van der Waals surface area contributed by atoms with Crippen molar-refractivity contribution in [2.45, 2.75) is 0 Å². The first kappa shape index (κ1) is 13.8. The third kappa shape index (κ3) is 4.85. The first-order valence-electron chi connectivity index (χ1n) is 3.06. The summed E-state index contributed by atoms with van der Waals surface area (Å²) < 4.78 is 14.7. The van der Waals surface area contributed by atoms with Gasteiger partial charge in [-0.15, -0.1) is 0 Å². The Labute approximate surface area is 105 Å². The highest BCUT2D eigenvalue weighted by Gasteiger charge is 2.22. The molecule has 6 nitrogen and oxygen atoms in total. The lowest BCUT2D eigenvalue weighted by Gasteiger charge is -2.02. The Morgan fingerprint density at radius 3 is 2.57 bits per heavy atom. The van der Waals surface area contributed by atoms with Crippen LogP contribution in [0, 0.1) is 0 Å². The summed E-state index contributed by atoms with van der Waals surface area (Å²) in [4.78, 5) is 26.6. The first-order chi connectivity index (χ1) is 6.67. The minimum absolute atomic E-state index is 0.319. The van der Waals surface area contributed by atoms with Crippen LogP contribution < -0.4 is 3.69 Å². The Hall–Kier alpha value is -0.230. The van der Waals surface area contributed by atoms with E-state index in [1.807, 2.05) is 0 Å².